The number of aromatic nitrogens is 1. The molecule has 2 heteroatoms. The summed E-state index contributed by atoms with van der Waals surface area (Å²) in [5, 5.41) is 0. The van der Waals surface area contributed by atoms with Gasteiger partial charge in [-0.3, -0.25) is 0 Å². The summed E-state index contributed by atoms with van der Waals surface area (Å²) in [7, 11) is 0. The van der Waals surface area contributed by atoms with Gasteiger partial charge in [0.05, 0.1) is 6.20 Å². The Kier molecular flexibility index (Phi) is 3.09. The van der Waals surface area contributed by atoms with Crippen molar-refractivity contribution >= 4 is 0 Å². The van der Waals surface area contributed by atoms with Crippen molar-refractivity contribution in [3.8, 4) is 0 Å². The predicted molar refractivity (Wildman–Crippen MR) is 65.4 cm³/mol. The fraction of sp³-hybridized carbons (Fsp3) is 0.786. The molecule has 0 radical (unpaired) electrons. The number of hydrogen-bond acceptors (Lipinski definition) is 2. The quantitative estimate of drug-likeness (QED) is 0.706. The smallest absolute Gasteiger partial charge is 0.191 e. The van der Waals surface area contributed by atoms with E-state index in [1.54, 1.807) is 0 Å². The first-order chi connectivity index (χ1) is 7.47. The van der Waals surface area contributed by atoms with Gasteiger partial charge in [0.25, 0.3) is 0 Å². The molecule has 1 aliphatic rings. The zero-order valence-electron chi connectivity index (χ0n) is 10.9. The standard InChI is InChI=1S/C14H23NO/c1-10-15-9-13(16-10)11-5-7-12(8-6-11)14(2,3)4/h9,11-12H,5-8H2,1-4H3. The molecule has 0 amide bonds. The van der Waals surface area contributed by atoms with Crippen LogP contribution in [0.2, 0.25) is 0 Å². The van der Waals surface area contributed by atoms with Gasteiger partial charge in [-0.15, -0.1) is 0 Å². The minimum Gasteiger partial charge on any atom is -0.446 e. The van der Waals surface area contributed by atoms with Crippen molar-refractivity contribution in [2.24, 2.45) is 11.3 Å². The second-order valence-corrected chi connectivity index (χ2v) is 6.20. The molecule has 90 valence electrons. The number of aryl methyl sites for hydroxylation is 1. The Balaban J connectivity index is 1.95. The molecule has 0 atom stereocenters. The molecule has 0 unspecified atom stereocenters. The maximum atomic E-state index is 5.63. The first-order valence-corrected chi connectivity index (χ1v) is 6.39. The normalized spacial score (nSPS) is 27.0. The zero-order valence-corrected chi connectivity index (χ0v) is 10.9. The highest BCUT2D eigenvalue weighted by atomic mass is 16.4. The molecule has 1 heterocycles. The third kappa shape index (κ3) is 2.47. The lowest BCUT2D eigenvalue weighted by Gasteiger charge is -2.36. The van der Waals surface area contributed by atoms with Crippen LogP contribution >= 0.6 is 0 Å². The summed E-state index contributed by atoms with van der Waals surface area (Å²) in [4.78, 5) is 4.19. The van der Waals surface area contributed by atoms with E-state index >= 15 is 0 Å². The molecule has 1 saturated carbocycles. The Labute approximate surface area is 98.5 Å². The van der Waals surface area contributed by atoms with Crippen LogP contribution in [0.4, 0.5) is 0 Å². The summed E-state index contributed by atoms with van der Waals surface area (Å²) in [6, 6.07) is 0. The molecule has 0 aromatic carbocycles. The van der Waals surface area contributed by atoms with Gasteiger partial charge in [0.15, 0.2) is 5.89 Å². The van der Waals surface area contributed by atoms with E-state index < -0.39 is 0 Å². The average molecular weight is 221 g/mol. The van der Waals surface area contributed by atoms with E-state index in [-0.39, 0.29) is 0 Å². The Bertz CT molecular complexity index is 340. The molecule has 1 aromatic heterocycles. The van der Waals surface area contributed by atoms with E-state index in [0.29, 0.717) is 11.3 Å². The van der Waals surface area contributed by atoms with Crippen molar-refractivity contribution in [3.63, 3.8) is 0 Å². The molecule has 1 fully saturated rings. The number of nitrogens with zero attached hydrogens (tertiary/aromatic N) is 1. The van der Waals surface area contributed by atoms with Crippen molar-refractivity contribution in [1.29, 1.82) is 0 Å². The highest BCUT2D eigenvalue weighted by molar-refractivity contribution is 5.03. The Morgan fingerprint density at radius 2 is 1.81 bits per heavy atom. The van der Waals surface area contributed by atoms with Gasteiger partial charge in [0, 0.05) is 12.8 Å². The van der Waals surface area contributed by atoms with Gasteiger partial charge < -0.3 is 4.42 Å². The van der Waals surface area contributed by atoms with Gasteiger partial charge in [0.1, 0.15) is 5.76 Å². The van der Waals surface area contributed by atoms with E-state index in [1.807, 2.05) is 13.1 Å². The van der Waals surface area contributed by atoms with Gasteiger partial charge in [-0.05, 0) is 37.0 Å². The van der Waals surface area contributed by atoms with Crippen LogP contribution in [0.5, 0.6) is 0 Å². The van der Waals surface area contributed by atoms with Crippen molar-refractivity contribution in [2.75, 3.05) is 0 Å². The number of hydrogen-bond donors (Lipinski definition) is 0. The van der Waals surface area contributed by atoms with Crippen LogP contribution in [0.3, 0.4) is 0 Å². The number of rotatable bonds is 1. The molecule has 0 bridgehead atoms. The predicted octanol–water partition coefficient (Wildman–Crippen LogP) is 4.30. The van der Waals surface area contributed by atoms with Gasteiger partial charge in [-0.25, -0.2) is 4.98 Å². The van der Waals surface area contributed by atoms with Crippen LogP contribution < -0.4 is 0 Å². The second-order valence-electron chi connectivity index (χ2n) is 6.20. The minimum atomic E-state index is 0.461. The molecule has 16 heavy (non-hydrogen) atoms. The number of oxazole rings is 1. The third-order valence-corrected chi connectivity index (χ3v) is 3.99. The van der Waals surface area contributed by atoms with Crippen molar-refractivity contribution in [2.45, 2.75) is 59.3 Å². The van der Waals surface area contributed by atoms with E-state index in [0.717, 1.165) is 17.6 Å². The summed E-state index contributed by atoms with van der Waals surface area (Å²) in [6.45, 7) is 8.99. The fourth-order valence-electron chi connectivity index (χ4n) is 2.81. The summed E-state index contributed by atoms with van der Waals surface area (Å²) in [5.41, 5.74) is 0.461. The van der Waals surface area contributed by atoms with Crippen LogP contribution in [-0.4, -0.2) is 4.98 Å². The van der Waals surface area contributed by atoms with Crippen molar-refractivity contribution < 1.29 is 4.42 Å². The lowest BCUT2D eigenvalue weighted by Crippen LogP contribution is -2.25. The molecular weight excluding hydrogens is 198 g/mol. The summed E-state index contributed by atoms with van der Waals surface area (Å²) >= 11 is 0. The van der Waals surface area contributed by atoms with Crippen LogP contribution in [-0.2, 0) is 0 Å². The van der Waals surface area contributed by atoms with E-state index in [1.165, 1.54) is 25.7 Å². The van der Waals surface area contributed by atoms with Crippen molar-refractivity contribution in [1.82, 2.24) is 4.98 Å². The van der Waals surface area contributed by atoms with Gasteiger partial charge >= 0.3 is 0 Å². The van der Waals surface area contributed by atoms with Crippen LogP contribution in [0.1, 0.15) is 64.0 Å². The van der Waals surface area contributed by atoms with Crippen LogP contribution in [0.15, 0.2) is 10.6 Å². The molecule has 1 aliphatic carbocycles. The van der Waals surface area contributed by atoms with E-state index in [9.17, 15) is 0 Å². The Morgan fingerprint density at radius 1 is 1.19 bits per heavy atom. The van der Waals surface area contributed by atoms with Crippen molar-refractivity contribution in [3.05, 3.63) is 17.8 Å². The average Bonchev–Trinajstić information content (AvgIpc) is 2.64. The Hall–Kier alpha value is -0.790. The topological polar surface area (TPSA) is 26.0 Å². The minimum absolute atomic E-state index is 0.461. The third-order valence-electron chi connectivity index (χ3n) is 3.99. The molecule has 0 aliphatic heterocycles. The van der Waals surface area contributed by atoms with Crippen LogP contribution in [0, 0.1) is 18.3 Å². The fourth-order valence-corrected chi connectivity index (χ4v) is 2.81. The zero-order chi connectivity index (χ0) is 11.8. The van der Waals surface area contributed by atoms with Gasteiger partial charge in [-0.1, -0.05) is 20.8 Å². The SMILES string of the molecule is Cc1ncc(C2CCC(C(C)(C)C)CC2)o1. The molecule has 0 N–H and O–H groups in total. The maximum Gasteiger partial charge on any atom is 0.191 e. The molecule has 2 rings (SSSR count). The largest absolute Gasteiger partial charge is 0.446 e. The second kappa shape index (κ2) is 4.23. The monoisotopic (exact) mass is 221 g/mol. The highest BCUT2D eigenvalue weighted by Gasteiger charge is 2.31. The van der Waals surface area contributed by atoms with E-state index in [2.05, 4.69) is 25.8 Å². The molecule has 2 nitrogen and oxygen atoms in total. The highest BCUT2D eigenvalue weighted by Crippen LogP contribution is 2.43. The summed E-state index contributed by atoms with van der Waals surface area (Å²) in [5.74, 6) is 3.38. The molecule has 1 aromatic rings. The lowest BCUT2D eigenvalue weighted by atomic mass is 9.69. The maximum absolute atomic E-state index is 5.63. The van der Waals surface area contributed by atoms with E-state index in [4.69, 9.17) is 4.42 Å². The Morgan fingerprint density at radius 3 is 2.25 bits per heavy atom. The van der Waals surface area contributed by atoms with Gasteiger partial charge in [0.2, 0.25) is 0 Å². The molecule has 0 spiro atoms. The summed E-state index contributed by atoms with van der Waals surface area (Å²) in [6.07, 6.45) is 7.09. The first kappa shape index (κ1) is 11.7. The molecular formula is C14H23NO. The first-order valence-electron chi connectivity index (χ1n) is 6.39. The summed E-state index contributed by atoms with van der Waals surface area (Å²) < 4.78 is 5.63. The van der Waals surface area contributed by atoms with Gasteiger partial charge in [-0.2, -0.15) is 0 Å². The lowest BCUT2D eigenvalue weighted by molar-refractivity contribution is 0.163. The van der Waals surface area contributed by atoms with Crippen LogP contribution in [0.25, 0.3) is 0 Å². The molecule has 0 saturated heterocycles.